The zero-order chi connectivity index (χ0) is 20.7. The Morgan fingerprint density at radius 2 is 1.44 bits per heavy atom. The molecule has 0 amide bonds. The van der Waals surface area contributed by atoms with Crippen molar-refractivity contribution in [2.75, 3.05) is 0 Å². The van der Waals surface area contributed by atoms with Gasteiger partial charge >= 0.3 is 0 Å². The molecule has 2 nitrogen and oxygen atoms in total. The second-order valence-corrected chi connectivity index (χ2v) is 19.1. The van der Waals surface area contributed by atoms with Crippen LogP contribution in [0.4, 0.5) is 0 Å². The Hall–Kier alpha value is -0.976. The lowest BCUT2D eigenvalue weighted by atomic mass is 10.1. The molecule has 152 valence electrons. The van der Waals surface area contributed by atoms with Gasteiger partial charge in [-0.2, -0.15) is 0 Å². The van der Waals surface area contributed by atoms with Crippen LogP contribution in [-0.4, -0.2) is 22.7 Å². The second-order valence-electron chi connectivity index (χ2n) is 9.21. The fourth-order valence-electron chi connectivity index (χ4n) is 4.67. The Balaban J connectivity index is 2.95. The van der Waals surface area contributed by atoms with Crippen LogP contribution in [0.1, 0.15) is 59.6 Å². The largest absolute Gasteiger partial charge is 0.406 e. The second kappa shape index (κ2) is 10.5. The molecule has 0 aliphatic heterocycles. The van der Waals surface area contributed by atoms with Crippen LogP contribution < -0.4 is 0 Å². The van der Waals surface area contributed by atoms with Crippen molar-refractivity contribution >= 4 is 22.7 Å². The van der Waals surface area contributed by atoms with Crippen molar-refractivity contribution in [1.29, 1.82) is 0 Å². The molecule has 0 spiro atoms. The van der Waals surface area contributed by atoms with Crippen molar-refractivity contribution < 1.29 is 9.22 Å². The maximum absolute atomic E-state index is 11.2. The summed E-state index contributed by atoms with van der Waals surface area (Å²) in [6.07, 6.45) is 3.66. The standard InChI is InChI=1S/C23H40O2Si2/c1-19(2)27(20(3)4,21(5)6)18-12-17-26(7,8)25-23(15-16-24)22-13-10-9-11-14-22/h9-14,16-17,19-21,23H,15,18H2,1-8H3/b17-12+. The van der Waals surface area contributed by atoms with Gasteiger partial charge in [0, 0.05) is 6.42 Å². The summed E-state index contributed by atoms with van der Waals surface area (Å²) in [6.45, 7) is 18.9. The van der Waals surface area contributed by atoms with Crippen LogP contribution >= 0.6 is 0 Å². The fourth-order valence-corrected chi connectivity index (χ4v) is 12.6. The molecule has 0 N–H and O–H groups in total. The zero-order valence-corrected chi connectivity index (χ0v) is 20.7. The lowest BCUT2D eigenvalue weighted by Crippen LogP contribution is -2.43. The van der Waals surface area contributed by atoms with Gasteiger partial charge in [-0.3, -0.25) is 0 Å². The predicted molar refractivity (Wildman–Crippen MR) is 123 cm³/mol. The molecule has 1 unspecified atom stereocenters. The molecule has 1 aromatic rings. The Labute approximate surface area is 169 Å². The highest BCUT2D eigenvalue weighted by Gasteiger charge is 2.41. The summed E-state index contributed by atoms with van der Waals surface area (Å²) in [7, 11) is -3.43. The predicted octanol–water partition coefficient (Wildman–Crippen LogP) is 7.31. The van der Waals surface area contributed by atoms with Gasteiger partial charge in [0.1, 0.15) is 6.29 Å². The van der Waals surface area contributed by atoms with Crippen molar-refractivity contribution in [3.05, 3.63) is 47.7 Å². The molecule has 27 heavy (non-hydrogen) atoms. The van der Waals surface area contributed by atoms with E-state index in [4.69, 9.17) is 4.43 Å². The SMILES string of the molecule is CC(C)[Si](C/C=C/[Si](C)(C)OC(CC=O)c1ccccc1)(C(C)C)C(C)C. The maximum atomic E-state index is 11.2. The van der Waals surface area contributed by atoms with Crippen molar-refractivity contribution in [2.24, 2.45) is 0 Å². The van der Waals surface area contributed by atoms with Crippen LogP contribution in [0.15, 0.2) is 42.1 Å². The van der Waals surface area contributed by atoms with Crippen LogP contribution in [0.3, 0.4) is 0 Å². The molecular formula is C23H40O2Si2. The highest BCUT2D eigenvalue weighted by Crippen LogP contribution is 2.44. The van der Waals surface area contributed by atoms with E-state index in [9.17, 15) is 4.79 Å². The Kier molecular flexibility index (Phi) is 9.39. The highest BCUT2D eigenvalue weighted by atomic mass is 28.4. The quantitative estimate of drug-likeness (QED) is 0.285. The summed E-state index contributed by atoms with van der Waals surface area (Å²) >= 11 is 0. The van der Waals surface area contributed by atoms with Gasteiger partial charge in [0.2, 0.25) is 8.32 Å². The van der Waals surface area contributed by atoms with E-state index in [-0.39, 0.29) is 6.10 Å². The number of hydrogen-bond acceptors (Lipinski definition) is 2. The molecule has 0 aromatic heterocycles. The van der Waals surface area contributed by atoms with Gasteiger partial charge in [-0.05, 0) is 24.7 Å². The normalized spacial score (nSPS) is 14.5. The van der Waals surface area contributed by atoms with Crippen LogP contribution in [0.25, 0.3) is 0 Å². The van der Waals surface area contributed by atoms with E-state index in [1.54, 1.807) is 0 Å². The number of carbonyl (C=O) groups is 1. The molecule has 0 aliphatic carbocycles. The molecule has 0 radical (unpaired) electrons. The molecule has 0 fully saturated rings. The summed E-state index contributed by atoms with van der Waals surface area (Å²) in [6, 6.07) is 11.3. The molecule has 0 heterocycles. The lowest BCUT2D eigenvalue weighted by Gasteiger charge is -2.43. The number of carbonyl (C=O) groups excluding carboxylic acids is 1. The molecule has 4 heteroatoms. The first-order valence-corrected chi connectivity index (χ1v) is 15.8. The van der Waals surface area contributed by atoms with Crippen molar-refractivity contribution in [3.8, 4) is 0 Å². The zero-order valence-electron chi connectivity index (χ0n) is 18.7. The van der Waals surface area contributed by atoms with Gasteiger partial charge in [0.25, 0.3) is 0 Å². The first-order valence-electron chi connectivity index (χ1n) is 10.4. The van der Waals surface area contributed by atoms with Crippen molar-refractivity contribution in [1.82, 2.24) is 0 Å². The summed E-state index contributed by atoms with van der Waals surface area (Å²) in [5.41, 5.74) is 5.73. The lowest BCUT2D eigenvalue weighted by molar-refractivity contribution is -0.109. The molecule has 0 bridgehead atoms. The molecule has 0 saturated carbocycles. The molecule has 1 atom stereocenters. The number of hydrogen-bond donors (Lipinski definition) is 0. The van der Waals surface area contributed by atoms with E-state index in [2.05, 4.69) is 78.5 Å². The van der Waals surface area contributed by atoms with Gasteiger partial charge in [-0.1, -0.05) is 100 Å². The summed E-state index contributed by atoms with van der Waals surface area (Å²) in [5.74, 6) is 0. The molecule has 1 rings (SSSR count). The summed E-state index contributed by atoms with van der Waals surface area (Å²) in [5, 5.41) is 0. The van der Waals surface area contributed by atoms with E-state index in [0.717, 1.165) is 28.5 Å². The number of aldehydes is 1. The van der Waals surface area contributed by atoms with Crippen LogP contribution in [0.2, 0.25) is 35.8 Å². The topological polar surface area (TPSA) is 26.3 Å². The van der Waals surface area contributed by atoms with Crippen molar-refractivity contribution in [2.45, 2.75) is 89.8 Å². The average molecular weight is 405 g/mol. The van der Waals surface area contributed by atoms with Gasteiger partial charge < -0.3 is 9.22 Å². The fraction of sp³-hybridized carbons (Fsp3) is 0.609. The first-order chi connectivity index (χ1) is 12.6. The molecule has 1 aromatic carbocycles. The number of benzene rings is 1. The minimum atomic E-state index is -2.01. The molecular weight excluding hydrogens is 364 g/mol. The van der Waals surface area contributed by atoms with Gasteiger partial charge in [-0.15, -0.1) is 0 Å². The van der Waals surface area contributed by atoms with E-state index in [1.807, 2.05) is 18.2 Å². The van der Waals surface area contributed by atoms with E-state index in [1.165, 1.54) is 6.04 Å². The smallest absolute Gasteiger partial charge is 0.211 e. The minimum absolute atomic E-state index is 0.141. The number of allylic oxidation sites excluding steroid dienone is 1. The third-order valence-electron chi connectivity index (χ3n) is 6.14. The highest BCUT2D eigenvalue weighted by molar-refractivity contribution is 6.84. The number of rotatable bonds is 11. The maximum Gasteiger partial charge on any atom is 0.211 e. The molecule has 0 saturated heterocycles. The Bertz CT molecular complexity index is 570. The monoisotopic (exact) mass is 404 g/mol. The van der Waals surface area contributed by atoms with Gasteiger partial charge in [0.05, 0.1) is 14.2 Å². The third kappa shape index (κ3) is 6.54. The third-order valence-corrected chi connectivity index (χ3v) is 15.5. The Morgan fingerprint density at radius 3 is 1.89 bits per heavy atom. The van der Waals surface area contributed by atoms with E-state index >= 15 is 0 Å². The minimum Gasteiger partial charge on any atom is -0.406 e. The Morgan fingerprint density at radius 1 is 0.926 bits per heavy atom. The van der Waals surface area contributed by atoms with E-state index in [0.29, 0.717) is 6.42 Å². The van der Waals surface area contributed by atoms with Gasteiger partial charge in [-0.25, -0.2) is 0 Å². The van der Waals surface area contributed by atoms with Gasteiger partial charge in [0.15, 0.2) is 0 Å². The molecule has 0 aliphatic rings. The van der Waals surface area contributed by atoms with Crippen LogP contribution in [0, 0.1) is 0 Å². The first kappa shape index (κ1) is 24.1. The van der Waals surface area contributed by atoms with E-state index < -0.39 is 16.4 Å². The van der Waals surface area contributed by atoms with Crippen LogP contribution in [0.5, 0.6) is 0 Å². The summed E-state index contributed by atoms with van der Waals surface area (Å²) < 4.78 is 6.50. The average Bonchev–Trinajstić information content (AvgIpc) is 2.58. The summed E-state index contributed by atoms with van der Waals surface area (Å²) in [4.78, 5) is 11.2. The van der Waals surface area contributed by atoms with Crippen LogP contribution in [-0.2, 0) is 9.22 Å². The van der Waals surface area contributed by atoms with Crippen molar-refractivity contribution in [3.63, 3.8) is 0 Å².